The van der Waals surface area contributed by atoms with Gasteiger partial charge in [-0.2, -0.15) is 4.98 Å². The number of nitrogens with two attached hydrogens (primary N) is 1. The minimum absolute atomic E-state index is 0.0460. The molecule has 2 unspecified atom stereocenters. The predicted octanol–water partition coefficient (Wildman–Crippen LogP) is -1.06. The van der Waals surface area contributed by atoms with Crippen LogP contribution in [0, 0.1) is 12.8 Å². The Morgan fingerprint density at radius 2 is 2.03 bits per heavy atom. The number of aromatic amines is 1. The topological polar surface area (TPSA) is 239 Å². The van der Waals surface area contributed by atoms with Crippen molar-refractivity contribution in [2.24, 2.45) is 5.92 Å². The number of phosphoric acid groups is 1. The van der Waals surface area contributed by atoms with Gasteiger partial charge in [-0.25, -0.2) is 19.3 Å². The van der Waals surface area contributed by atoms with Gasteiger partial charge in [-0.3, -0.25) is 23.0 Å². The lowest BCUT2D eigenvalue weighted by Crippen LogP contribution is -2.37. The molecule has 5 heterocycles. The van der Waals surface area contributed by atoms with Crippen LogP contribution in [0.3, 0.4) is 0 Å². The Bertz CT molecular complexity index is 1520. The first-order chi connectivity index (χ1) is 18.5. The molecule has 17 nitrogen and oxygen atoms in total. The average Bonchev–Trinajstić information content (AvgIpc) is 3.54. The molecule has 3 aromatic heterocycles. The summed E-state index contributed by atoms with van der Waals surface area (Å²) in [6.07, 6.45) is -3.78. The smallest absolute Gasteiger partial charge is 0.394 e. The van der Waals surface area contributed by atoms with E-state index in [1.54, 1.807) is 11.5 Å². The van der Waals surface area contributed by atoms with Gasteiger partial charge in [0.2, 0.25) is 0 Å². The molecule has 2 saturated heterocycles. The molecule has 2 aliphatic heterocycles. The molecular weight excluding hydrogens is 541 g/mol. The summed E-state index contributed by atoms with van der Waals surface area (Å²) in [4.78, 5) is 49.3. The van der Waals surface area contributed by atoms with Gasteiger partial charge in [0, 0.05) is 6.20 Å². The molecule has 8 atom stereocenters. The van der Waals surface area contributed by atoms with E-state index < -0.39 is 57.0 Å². The lowest BCUT2D eigenvalue weighted by molar-refractivity contribution is -0.0559. The summed E-state index contributed by atoms with van der Waals surface area (Å²) in [5.74, 6) is 0.239. The van der Waals surface area contributed by atoms with Crippen LogP contribution in [0.1, 0.15) is 31.6 Å². The molecule has 0 radical (unpaired) electrons. The number of aliphatic hydroxyl groups excluding tert-OH is 2. The number of aliphatic hydroxyl groups is 2. The van der Waals surface area contributed by atoms with Crippen molar-refractivity contribution in [3.05, 3.63) is 45.3 Å². The van der Waals surface area contributed by atoms with Gasteiger partial charge >= 0.3 is 13.5 Å². The molecule has 0 aliphatic carbocycles. The Morgan fingerprint density at radius 1 is 1.26 bits per heavy atom. The molecule has 0 bridgehead atoms. The molecule has 3 aromatic rings. The molecule has 2 fully saturated rings. The number of aromatic nitrogens is 6. The van der Waals surface area contributed by atoms with E-state index in [0.29, 0.717) is 17.9 Å². The number of ether oxygens (including phenoxy) is 2. The maximum Gasteiger partial charge on any atom is 0.472 e. The van der Waals surface area contributed by atoms with Gasteiger partial charge < -0.3 is 35.3 Å². The van der Waals surface area contributed by atoms with Crippen molar-refractivity contribution in [2.75, 3.05) is 18.9 Å². The van der Waals surface area contributed by atoms with Crippen LogP contribution in [0.4, 0.5) is 5.82 Å². The van der Waals surface area contributed by atoms with Crippen molar-refractivity contribution >= 4 is 24.8 Å². The third-order valence-electron chi connectivity index (χ3n) is 6.67. The van der Waals surface area contributed by atoms with Crippen LogP contribution < -0.4 is 17.0 Å². The van der Waals surface area contributed by atoms with Crippen molar-refractivity contribution in [3.8, 4) is 0 Å². The molecule has 39 heavy (non-hydrogen) atoms. The van der Waals surface area contributed by atoms with Crippen molar-refractivity contribution in [1.82, 2.24) is 29.1 Å². The van der Waals surface area contributed by atoms with Crippen molar-refractivity contribution < 1.29 is 38.2 Å². The van der Waals surface area contributed by atoms with Gasteiger partial charge in [-0.15, -0.1) is 0 Å². The number of imidazole rings is 1. The van der Waals surface area contributed by atoms with Crippen LogP contribution in [0.2, 0.25) is 0 Å². The SMILES string of the molecule is Cc1nc2c(ncn2[C@H]2C[C@H](C)C(COP(=O)(O)O[C@H]3[C@H](O)[C@H](n4ccc(N)nc4=O)O[C@@H]3CO)O2)c(=O)[nH]1. The summed E-state index contributed by atoms with van der Waals surface area (Å²) < 4.78 is 37.2. The minimum Gasteiger partial charge on any atom is -0.394 e. The van der Waals surface area contributed by atoms with Gasteiger partial charge in [0.15, 0.2) is 17.4 Å². The number of nitrogens with one attached hydrogen (secondary N) is 1. The van der Waals surface area contributed by atoms with Crippen molar-refractivity contribution in [3.63, 3.8) is 0 Å². The van der Waals surface area contributed by atoms with Crippen LogP contribution in [-0.2, 0) is 23.1 Å². The number of H-pyrrole nitrogens is 1. The van der Waals surface area contributed by atoms with E-state index in [2.05, 4.69) is 19.9 Å². The molecule has 18 heteroatoms. The molecule has 0 aromatic carbocycles. The second-order valence-electron chi connectivity index (χ2n) is 9.43. The Kier molecular flexibility index (Phi) is 7.43. The number of hydrogen-bond acceptors (Lipinski definition) is 13. The lowest BCUT2D eigenvalue weighted by atomic mass is 10.0. The Balaban J connectivity index is 1.24. The molecule has 0 saturated carbocycles. The predicted molar refractivity (Wildman–Crippen MR) is 131 cm³/mol. The minimum atomic E-state index is -4.81. The maximum atomic E-state index is 12.8. The summed E-state index contributed by atoms with van der Waals surface area (Å²) in [6, 6.07) is 1.30. The standard InChI is InChI=1S/C21H28N7O10P/c1-9-5-14(28-8-23-15-18(28)24-10(2)25-19(15)31)36-12(9)7-35-39(33,34)38-17-11(6-29)37-20(16(17)30)27-4-3-13(22)26-21(27)32/h3-4,8-9,11-12,14,16-17,20,29-30H,5-7H2,1-2H3,(H,33,34)(H2,22,26,32)(H,24,25,31)/t9-,11+,12?,14+,16-,17+,20+/m0/s1. The van der Waals surface area contributed by atoms with Crippen molar-refractivity contribution in [2.45, 2.75) is 57.1 Å². The number of hydrogen-bond donors (Lipinski definition) is 5. The second kappa shape index (κ2) is 10.5. The first kappa shape index (κ1) is 27.5. The van der Waals surface area contributed by atoms with Crippen LogP contribution in [0.25, 0.3) is 11.2 Å². The first-order valence-corrected chi connectivity index (χ1v) is 13.5. The monoisotopic (exact) mass is 569 g/mol. The summed E-state index contributed by atoms with van der Waals surface area (Å²) in [5, 5.41) is 20.4. The average molecular weight is 569 g/mol. The molecule has 0 amide bonds. The third-order valence-corrected chi connectivity index (χ3v) is 7.66. The summed E-state index contributed by atoms with van der Waals surface area (Å²) in [5.41, 5.74) is 4.79. The first-order valence-electron chi connectivity index (χ1n) is 12.0. The van der Waals surface area contributed by atoms with Gasteiger partial charge in [0.1, 0.15) is 36.2 Å². The van der Waals surface area contributed by atoms with Gasteiger partial charge in [0.25, 0.3) is 5.56 Å². The van der Waals surface area contributed by atoms with Crippen LogP contribution in [0.5, 0.6) is 0 Å². The largest absolute Gasteiger partial charge is 0.472 e. The van der Waals surface area contributed by atoms with Gasteiger partial charge in [0.05, 0.1) is 25.6 Å². The van der Waals surface area contributed by atoms with Crippen LogP contribution in [0.15, 0.2) is 28.2 Å². The van der Waals surface area contributed by atoms with Gasteiger partial charge in [-0.1, -0.05) is 6.92 Å². The second-order valence-corrected chi connectivity index (χ2v) is 10.8. The van der Waals surface area contributed by atoms with Crippen LogP contribution in [-0.4, -0.2) is 81.8 Å². The number of aryl methyl sites for hydroxylation is 1. The summed E-state index contributed by atoms with van der Waals surface area (Å²) in [6.45, 7) is 2.48. The van der Waals surface area contributed by atoms with E-state index in [1.807, 2.05) is 6.92 Å². The summed E-state index contributed by atoms with van der Waals surface area (Å²) in [7, 11) is -4.81. The highest BCUT2D eigenvalue weighted by Gasteiger charge is 2.49. The molecular formula is C21H28N7O10P. The maximum absolute atomic E-state index is 12.8. The quantitative estimate of drug-likeness (QED) is 0.203. The third kappa shape index (κ3) is 5.39. The number of anilines is 1. The molecule has 6 N–H and O–H groups in total. The van der Waals surface area contributed by atoms with Crippen LogP contribution >= 0.6 is 7.82 Å². The van der Waals surface area contributed by atoms with E-state index in [-0.39, 0.29) is 29.4 Å². The van der Waals surface area contributed by atoms with E-state index in [1.165, 1.54) is 18.6 Å². The van der Waals surface area contributed by atoms with E-state index in [4.69, 9.17) is 24.3 Å². The fourth-order valence-corrected chi connectivity index (χ4v) is 5.65. The highest BCUT2D eigenvalue weighted by atomic mass is 31.2. The Hall–Kier alpha value is -3.02. The molecule has 2 aliphatic rings. The zero-order chi connectivity index (χ0) is 28.1. The lowest BCUT2D eigenvalue weighted by Gasteiger charge is -2.24. The fourth-order valence-electron chi connectivity index (χ4n) is 4.69. The van der Waals surface area contributed by atoms with Gasteiger partial charge in [-0.05, 0) is 25.3 Å². The van der Waals surface area contributed by atoms with E-state index >= 15 is 0 Å². The number of phosphoric ester groups is 1. The highest BCUT2D eigenvalue weighted by Crippen LogP contribution is 2.49. The fraction of sp³-hybridized carbons (Fsp3) is 0.571. The number of rotatable bonds is 8. The van der Waals surface area contributed by atoms with E-state index in [9.17, 15) is 29.3 Å². The number of nitrogens with zero attached hydrogens (tertiary/aromatic N) is 5. The molecule has 212 valence electrons. The Labute approximate surface area is 219 Å². The normalized spacial score (nSPS) is 30.6. The molecule has 5 rings (SSSR count). The zero-order valence-electron chi connectivity index (χ0n) is 20.9. The van der Waals surface area contributed by atoms with E-state index in [0.717, 1.165) is 4.57 Å². The Morgan fingerprint density at radius 3 is 2.74 bits per heavy atom. The summed E-state index contributed by atoms with van der Waals surface area (Å²) >= 11 is 0. The highest BCUT2D eigenvalue weighted by molar-refractivity contribution is 7.47. The zero-order valence-corrected chi connectivity index (χ0v) is 21.7. The van der Waals surface area contributed by atoms with Crippen molar-refractivity contribution in [1.29, 1.82) is 0 Å². The number of fused-ring (bicyclic) bond motifs is 1. The number of nitrogen functional groups attached to an aromatic ring is 1. The molecule has 0 spiro atoms.